The number of hydrogen-bond acceptors (Lipinski definition) is 2. The zero-order valence-corrected chi connectivity index (χ0v) is 10.8. The van der Waals surface area contributed by atoms with E-state index >= 15 is 0 Å². The van der Waals surface area contributed by atoms with Gasteiger partial charge in [0, 0.05) is 11.7 Å². The van der Waals surface area contributed by atoms with E-state index in [1.54, 1.807) is 0 Å². The third-order valence-electron chi connectivity index (χ3n) is 2.80. The van der Waals surface area contributed by atoms with Gasteiger partial charge in [-0.05, 0) is 31.0 Å². The highest BCUT2D eigenvalue weighted by Gasteiger charge is 2.14. The molecule has 1 aromatic carbocycles. The molecule has 0 unspecified atom stereocenters. The van der Waals surface area contributed by atoms with E-state index in [1.807, 2.05) is 12.2 Å². The molecule has 0 atom stereocenters. The van der Waals surface area contributed by atoms with Crippen LogP contribution in [0.5, 0.6) is 0 Å². The lowest BCUT2D eigenvalue weighted by molar-refractivity contribution is 0.0697. The number of carboxylic acid groups (broad SMARTS) is 1. The van der Waals surface area contributed by atoms with Crippen LogP contribution < -0.4 is 10.6 Å². The van der Waals surface area contributed by atoms with Crippen molar-refractivity contribution >= 4 is 29.3 Å². The van der Waals surface area contributed by atoms with E-state index in [9.17, 15) is 9.59 Å². The standard InChI is InChI=1S/C13H13ClN2O3/c14-11-7-9(5-6-10(11)12(17)18)16-13(19)15-8-3-1-2-4-8/h1-2,5-8H,3-4H2,(H,17,18)(H2,15,16,19). The van der Waals surface area contributed by atoms with Gasteiger partial charge < -0.3 is 15.7 Å². The second-order valence-corrected chi connectivity index (χ2v) is 4.65. The van der Waals surface area contributed by atoms with Crippen LogP contribution in [0, 0.1) is 0 Å². The second kappa shape index (κ2) is 5.75. The normalized spacial score (nSPS) is 14.4. The molecular formula is C13H13ClN2O3. The summed E-state index contributed by atoms with van der Waals surface area (Å²) < 4.78 is 0. The van der Waals surface area contributed by atoms with Gasteiger partial charge in [0.25, 0.3) is 0 Å². The fourth-order valence-corrected chi connectivity index (χ4v) is 2.12. The molecule has 6 heteroatoms. The highest BCUT2D eigenvalue weighted by Crippen LogP contribution is 2.21. The van der Waals surface area contributed by atoms with Crippen LogP contribution in [0.4, 0.5) is 10.5 Å². The lowest BCUT2D eigenvalue weighted by Gasteiger charge is -2.13. The molecule has 0 bridgehead atoms. The number of anilines is 1. The van der Waals surface area contributed by atoms with E-state index in [4.69, 9.17) is 16.7 Å². The fourth-order valence-electron chi connectivity index (χ4n) is 1.85. The van der Waals surface area contributed by atoms with Crippen LogP contribution >= 0.6 is 11.6 Å². The summed E-state index contributed by atoms with van der Waals surface area (Å²) in [5, 5.41) is 14.4. The van der Waals surface area contributed by atoms with Gasteiger partial charge in [-0.25, -0.2) is 9.59 Å². The summed E-state index contributed by atoms with van der Waals surface area (Å²) in [4.78, 5) is 22.5. The Bertz CT molecular complexity index is 535. The van der Waals surface area contributed by atoms with Crippen LogP contribution in [-0.2, 0) is 0 Å². The van der Waals surface area contributed by atoms with Crippen LogP contribution in [0.1, 0.15) is 23.2 Å². The van der Waals surface area contributed by atoms with E-state index in [2.05, 4.69) is 10.6 Å². The smallest absolute Gasteiger partial charge is 0.337 e. The molecular weight excluding hydrogens is 268 g/mol. The van der Waals surface area contributed by atoms with Crippen molar-refractivity contribution in [2.24, 2.45) is 0 Å². The lowest BCUT2D eigenvalue weighted by atomic mass is 10.2. The number of hydrogen-bond donors (Lipinski definition) is 3. The van der Waals surface area contributed by atoms with Gasteiger partial charge >= 0.3 is 12.0 Å². The predicted molar refractivity (Wildman–Crippen MR) is 72.7 cm³/mol. The maximum Gasteiger partial charge on any atom is 0.337 e. The van der Waals surface area contributed by atoms with Crippen molar-refractivity contribution in [3.8, 4) is 0 Å². The maximum atomic E-state index is 11.7. The van der Waals surface area contributed by atoms with Crippen molar-refractivity contribution < 1.29 is 14.7 Å². The van der Waals surface area contributed by atoms with Gasteiger partial charge in [0.15, 0.2) is 0 Å². The zero-order valence-electron chi connectivity index (χ0n) is 10.0. The molecule has 0 saturated heterocycles. The van der Waals surface area contributed by atoms with E-state index in [-0.39, 0.29) is 22.7 Å². The summed E-state index contributed by atoms with van der Waals surface area (Å²) in [6, 6.07) is 4.07. The van der Waals surface area contributed by atoms with Crippen molar-refractivity contribution in [1.29, 1.82) is 0 Å². The number of carbonyl (C=O) groups excluding carboxylic acids is 1. The molecule has 0 heterocycles. The number of rotatable bonds is 3. The summed E-state index contributed by atoms with van der Waals surface area (Å²) in [5.41, 5.74) is 0.464. The molecule has 5 nitrogen and oxygen atoms in total. The Kier molecular flexibility index (Phi) is 4.06. The van der Waals surface area contributed by atoms with Crippen LogP contribution in [0.25, 0.3) is 0 Å². The van der Waals surface area contributed by atoms with Gasteiger partial charge in [0.05, 0.1) is 10.6 Å². The van der Waals surface area contributed by atoms with Gasteiger partial charge in [-0.3, -0.25) is 0 Å². The third-order valence-corrected chi connectivity index (χ3v) is 3.11. The third kappa shape index (κ3) is 3.48. The number of carbonyl (C=O) groups is 2. The van der Waals surface area contributed by atoms with Crippen LogP contribution in [0.3, 0.4) is 0 Å². The molecule has 0 fully saturated rings. The Morgan fingerprint density at radius 3 is 2.53 bits per heavy atom. The minimum Gasteiger partial charge on any atom is -0.478 e. The Balaban J connectivity index is 1.97. The Morgan fingerprint density at radius 2 is 1.95 bits per heavy atom. The highest BCUT2D eigenvalue weighted by molar-refractivity contribution is 6.33. The minimum atomic E-state index is -1.10. The number of nitrogens with one attached hydrogen (secondary N) is 2. The molecule has 0 saturated carbocycles. The summed E-state index contributed by atoms with van der Waals surface area (Å²) in [6.07, 6.45) is 5.69. The SMILES string of the molecule is O=C(Nc1ccc(C(=O)O)c(Cl)c1)NC1CC=CC1. The molecule has 0 aromatic heterocycles. The van der Waals surface area contributed by atoms with Gasteiger partial charge in [-0.1, -0.05) is 23.8 Å². The molecule has 0 spiro atoms. The number of benzene rings is 1. The molecule has 1 aliphatic rings. The summed E-state index contributed by atoms with van der Waals surface area (Å²) >= 11 is 5.82. The minimum absolute atomic E-state index is 0.00705. The Labute approximate surface area is 115 Å². The average Bonchev–Trinajstić information content (AvgIpc) is 2.81. The van der Waals surface area contributed by atoms with Crippen LogP contribution in [0.15, 0.2) is 30.4 Å². The van der Waals surface area contributed by atoms with Crippen molar-refractivity contribution in [3.63, 3.8) is 0 Å². The topological polar surface area (TPSA) is 78.4 Å². The zero-order chi connectivity index (χ0) is 13.8. The first-order valence-corrected chi connectivity index (χ1v) is 6.19. The van der Waals surface area contributed by atoms with E-state index in [0.29, 0.717) is 5.69 Å². The van der Waals surface area contributed by atoms with Gasteiger partial charge in [0.1, 0.15) is 0 Å². The molecule has 0 radical (unpaired) electrons. The van der Waals surface area contributed by atoms with E-state index in [1.165, 1.54) is 18.2 Å². The monoisotopic (exact) mass is 280 g/mol. The predicted octanol–water partition coefficient (Wildman–Crippen LogP) is 2.88. The first-order valence-electron chi connectivity index (χ1n) is 5.81. The number of aromatic carboxylic acids is 1. The van der Waals surface area contributed by atoms with Crippen molar-refractivity contribution in [1.82, 2.24) is 5.32 Å². The number of carboxylic acids is 1. The molecule has 2 amide bonds. The summed E-state index contributed by atoms with van der Waals surface area (Å²) in [7, 11) is 0. The van der Waals surface area contributed by atoms with Crippen molar-refractivity contribution in [2.45, 2.75) is 18.9 Å². The summed E-state index contributed by atoms with van der Waals surface area (Å²) in [5.74, 6) is -1.10. The van der Waals surface area contributed by atoms with Gasteiger partial charge in [-0.15, -0.1) is 0 Å². The first-order chi connectivity index (χ1) is 9.06. The molecule has 0 aliphatic heterocycles. The quantitative estimate of drug-likeness (QED) is 0.745. The first kappa shape index (κ1) is 13.4. The maximum absolute atomic E-state index is 11.7. The highest BCUT2D eigenvalue weighted by atomic mass is 35.5. The second-order valence-electron chi connectivity index (χ2n) is 4.24. The van der Waals surface area contributed by atoms with Gasteiger partial charge in [-0.2, -0.15) is 0 Å². The average molecular weight is 281 g/mol. The van der Waals surface area contributed by atoms with Crippen LogP contribution in [-0.4, -0.2) is 23.1 Å². The number of halogens is 1. The summed E-state index contributed by atoms with van der Waals surface area (Å²) in [6.45, 7) is 0. The molecule has 1 aromatic rings. The molecule has 1 aliphatic carbocycles. The van der Waals surface area contributed by atoms with Crippen molar-refractivity contribution in [3.05, 3.63) is 40.9 Å². The molecule has 100 valence electrons. The van der Waals surface area contributed by atoms with Crippen molar-refractivity contribution in [2.75, 3.05) is 5.32 Å². The number of urea groups is 1. The largest absolute Gasteiger partial charge is 0.478 e. The Hall–Kier alpha value is -2.01. The van der Waals surface area contributed by atoms with Gasteiger partial charge in [0.2, 0.25) is 0 Å². The van der Waals surface area contributed by atoms with E-state index in [0.717, 1.165) is 12.8 Å². The molecule has 3 N–H and O–H groups in total. The lowest BCUT2D eigenvalue weighted by Crippen LogP contribution is -2.36. The molecule has 19 heavy (non-hydrogen) atoms. The molecule has 2 rings (SSSR count). The fraction of sp³-hybridized carbons (Fsp3) is 0.231. The van der Waals surface area contributed by atoms with E-state index < -0.39 is 5.97 Å². The van der Waals surface area contributed by atoms with Crippen LogP contribution in [0.2, 0.25) is 5.02 Å². The number of amides is 2. The Morgan fingerprint density at radius 1 is 1.26 bits per heavy atom.